The number of carbonyl (C=O) groups excluding carboxylic acids is 1. The number of halogens is 1. The SMILES string of the molecule is O=C(CCNC1CCc2sc(Cl)cc21)N1CCCCC1. The summed E-state index contributed by atoms with van der Waals surface area (Å²) in [6.45, 7) is 2.67. The van der Waals surface area contributed by atoms with Gasteiger partial charge in [-0.15, -0.1) is 11.3 Å². The Morgan fingerprint density at radius 3 is 3.00 bits per heavy atom. The minimum atomic E-state index is 0.304. The van der Waals surface area contributed by atoms with Crippen LogP contribution in [-0.4, -0.2) is 30.4 Å². The van der Waals surface area contributed by atoms with Gasteiger partial charge in [-0.1, -0.05) is 11.6 Å². The number of amides is 1. The van der Waals surface area contributed by atoms with Crippen LogP contribution >= 0.6 is 22.9 Å². The molecule has 2 aliphatic rings. The first-order chi connectivity index (χ1) is 9.74. The number of hydrogen-bond acceptors (Lipinski definition) is 3. The highest BCUT2D eigenvalue weighted by Crippen LogP contribution is 2.39. The standard InChI is InChI=1S/C15H21ClN2OS/c16-14-10-11-12(4-5-13(11)20-14)17-7-6-15(19)18-8-2-1-3-9-18/h10,12,17H,1-9H2. The molecule has 1 aromatic rings. The van der Waals surface area contributed by atoms with Crippen LogP contribution in [-0.2, 0) is 11.2 Å². The van der Waals surface area contributed by atoms with Crippen LogP contribution in [0, 0.1) is 0 Å². The number of nitrogens with zero attached hydrogens (tertiary/aromatic N) is 1. The molecule has 0 bridgehead atoms. The third kappa shape index (κ3) is 3.18. The molecular weight excluding hydrogens is 292 g/mol. The largest absolute Gasteiger partial charge is 0.343 e. The van der Waals surface area contributed by atoms with Crippen LogP contribution in [0.5, 0.6) is 0 Å². The summed E-state index contributed by atoms with van der Waals surface area (Å²) < 4.78 is 0.880. The number of likely N-dealkylation sites (tertiary alicyclic amines) is 1. The van der Waals surface area contributed by atoms with Gasteiger partial charge in [-0.2, -0.15) is 0 Å². The van der Waals surface area contributed by atoms with Crippen molar-refractivity contribution in [1.29, 1.82) is 0 Å². The quantitative estimate of drug-likeness (QED) is 0.924. The molecule has 1 saturated heterocycles. The Bertz CT molecular complexity index is 482. The number of piperidine rings is 1. The third-order valence-electron chi connectivity index (χ3n) is 4.29. The molecule has 1 aliphatic carbocycles. The fourth-order valence-corrected chi connectivity index (χ4v) is 4.55. The summed E-state index contributed by atoms with van der Waals surface area (Å²) in [5.74, 6) is 0.304. The molecule has 1 atom stereocenters. The van der Waals surface area contributed by atoms with E-state index in [2.05, 4.69) is 11.4 Å². The fraction of sp³-hybridized carbons (Fsp3) is 0.667. The summed E-state index contributed by atoms with van der Waals surface area (Å²) >= 11 is 7.75. The van der Waals surface area contributed by atoms with Crippen LogP contribution in [0.3, 0.4) is 0 Å². The van der Waals surface area contributed by atoms with E-state index < -0.39 is 0 Å². The molecule has 3 nitrogen and oxygen atoms in total. The summed E-state index contributed by atoms with van der Waals surface area (Å²) in [6, 6.07) is 2.47. The first kappa shape index (κ1) is 14.4. The summed E-state index contributed by atoms with van der Waals surface area (Å²) in [4.78, 5) is 15.5. The zero-order valence-electron chi connectivity index (χ0n) is 11.7. The van der Waals surface area contributed by atoms with Crippen LogP contribution in [0.25, 0.3) is 0 Å². The third-order valence-corrected chi connectivity index (χ3v) is 5.63. The highest BCUT2D eigenvalue weighted by atomic mass is 35.5. The summed E-state index contributed by atoms with van der Waals surface area (Å²) in [5, 5.41) is 3.52. The van der Waals surface area contributed by atoms with E-state index in [0.29, 0.717) is 18.4 Å². The highest BCUT2D eigenvalue weighted by Gasteiger charge is 2.25. The Labute approximate surface area is 129 Å². The normalized spacial score (nSPS) is 22.1. The van der Waals surface area contributed by atoms with Gasteiger partial charge in [-0.05, 0) is 43.7 Å². The lowest BCUT2D eigenvalue weighted by atomic mass is 10.1. The molecule has 1 unspecified atom stereocenters. The number of carbonyl (C=O) groups is 1. The predicted molar refractivity (Wildman–Crippen MR) is 83.4 cm³/mol. The molecule has 1 N–H and O–H groups in total. The van der Waals surface area contributed by atoms with Gasteiger partial charge in [0.1, 0.15) is 0 Å². The second kappa shape index (κ2) is 6.46. The van der Waals surface area contributed by atoms with Crippen molar-refractivity contribution in [3.8, 4) is 0 Å². The molecule has 0 saturated carbocycles. The number of hydrogen-bond donors (Lipinski definition) is 1. The number of fused-ring (bicyclic) bond motifs is 1. The fourth-order valence-electron chi connectivity index (χ4n) is 3.20. The van der Waals surface area contributed by atoms with Gasteiger partial charge in [0.15, 0.2) is 0 Å². The maximum Gasteiger partial charge on any atom is 0.223 e. The molecule has 20 heavy (non-hydrogen) atoms. The molecule has 1 amide bonds. The van der Waals surface area contributed by atoms with Crippen molar-refractivity contribution < 1.29 is 4.79 Å². The van der Waals surface area contributed by atoms with Gasteiger partial charge in [0, 0.05) is 37.0 Å². The van der Waals surface area contributed by atoms with Crippen LogP contribution in [0.15, 0.2) is 6.07 Å². The smallest absolute Gasteiger partial charge is 0.223 e. The summed E-state index contributed by atoms with van der Waals surface area (Å²) in [5.41, 5.74) is 1.35. The van der Waals surface area contributed by atoms with Crippen LogP contribution in [0.1, 0.15) is 48.6 Å². The number of rotatable bonds is 4. The lowest BCUT2D eigenvalue weighted by molar-refractivity contribution is -0.132. The van der Waals surface area contributed by atoms with Gasteiger partial charge in [-0.25, -0.2) is 0 Å². The van der Waals surface area contributed by atoms with Crippen molar-refractivity contribution in [3.63, 3.8) is 0 Å². The molecule has 110 valence electrons. The Morgan fingerprint density at radius 1 is 1.40 bits per heavy atom. The van der Waals surface area contributed by atoms with Gasteiger partial charge < -0.3 is 10.2 Å². The van der Waals surface area contributed by atoms with Gasteiger partial charge in [0.05, 0.1) is 4.34 Å². The molecule has 0 spiro atoms. The van der Waals surface area contributed by atoms with E-state index in [4.69, 9.17) is 11.6 Å². The number of thiophene rings is 1. The van der Waals surface area contributed by atoms with Gasteiger partial charge in [0.2, 0.25) is 5.91 Å². The van der Waals surface area contributed by atoms with Crippen LogP contribution < -0.4 is 5.32 Å². The summed E-state index contributed by atoms with van der Waals surface area (Å²) in [6.07, 6.45) is 6.47. The first-order valence-electron chi connectivity index (χ1n) is 7.53. The van der Waals surface area contributed by atoms with E-state index in [1.54, 1.807) is 11.3 Å². The van der Waals surface area contributed by atoms with Gasteiger partial charge in [0.25, 0.3) is 0 Å². The lowest BCUT2D eigenvalue weighted by Crippen LogP contribution is -2.37. The molecule has 1 aromatic heterocycles. The average Bonchev–Trinajstić information content (AvgIpc) is 3.00. The lowest BCUT2D eigenvalue weighted by Gasteiger charge is -2.27. The molecule has 3 rings (SSSR count). The molecular formula is C15H21ClN2OS. The Hall–Kier alpha value is -0.580. The minimum Gasteiger partial charge on any atom is -0.343 e. The first-order valence-corrected chi connectivity index (χ1v) is 8.73. The second-order valence-electron chi connectivity index (χ2n) is 5.67. The predicted octanol–water partition coefficient (Wildman–Crippen LogP) is 3.38. The van der Waals surface area contributed by atoms with E-state index in [1.807, 2.05) is 4.90 Å². The highest BCUT2D eigenvalue weighted by molar-refractivity contribution is 7.16. The molecule has 0 aromatic carbocycles. The molecule has 5 heteroatoms. The van der Waals surface area contributed by atoms with Crippen molar-refractivity contribution >= 4 is 28.8 Å². The van der Waals surface area contributed by atoms with Crippen molar-refractivity contribution in [3.05, 3.63) is 20.8 Å². The van der Waals surface area contributed by atoms with E-state index in [9.17, 15) is 4.79 Å². The van der Waals surface area contributed by atoms with Gasteiger partial charge in [-0.3, -0.25) is 4.79 Å². The van der Waals surface area contributed by atoms with Gasteiger partial charge >= 0.3 is 0 Å². The van der Waals surface area contributed by atoms with Crippen molar-refractivity contribution in [2.75, 3.05) is 19.6 Å². The van der Waals surface area contributed by atoms with Crippen LogP contribution in [0.4, 0.5) is 0 Å². The Morgan fingerprint density at radius 2 is 2.20 bits per heavy atom. The maximum atomic E-state index is 12.1. The Balaban J connectivity index is 1.45. The molecule has 1 fully saturated rings. The zero-order valence-corrected chi connectivity index (χ0v) is 13.2. The Kier molecular flexibility index (Phi) is 4.64. The van der Waals surface area contributed by atoms with Crippen molar-refractivity contribution in [2.24, 2.45) is 0 Å². The minimum absolute atomic E-state index is 0.304. The average molecular weight is 313 g/mol. The summed E-state index contributed by atoms with van der Waals surface area (Å²) in [7, 11) is 0. The molecule has 2 heterocycles. The van der Waals surface area contributed by atoms with E-state index >= 15 is 0 Å². The van der Waals surface area contributed by atoms with E-state index in [-0.39, 0.29) is 0 Å². The second-order valence-corrected chi connectivity index (χ2v) is 7.43. The van der Waals surface area contributed by atoms with E-state index in [0.717, 1.165) is 36.8 Å². The molecule has 1 aliphatic heterocycles. The van der Waals surface area contributed by atoms with E-state index in [1.165, 1.54) is 29.7 Å². The zero-order chi connectivity index (χ0) is 13.9. The maximum absolute atomic E-state index is 12.1. The number of nitrogens with one attached hydrogen (secondary N) is 1. The van der Waals surface area contributed by atoms with Crippen LogP contribution in [0.2, 0.25) is 4.34 Å². The van der Waals surface area contributed by atoms with Crippen molar-refractivity contribution in [1.82, 2.24) is 10.2 Å². The molecule has 0 radical (unpaired) electrons. The monoisotopic (exact) mass is 312 g/mol. The van der Waals surface area contributed by atoms with Crippen molar-refractivity contribution in [2.45, 2.75) is 44.6 Å². The number of aryl methyl sites for hydroxylation is 1. The topological polar surface area (TPSA) is 32.3 Å².